The van der Waals surface area contributed by atoms with E-state index < -0.39 is 43.7 Å². The number of amides is 1. The number of carbonyl (C=O) groups is 1. The molecule has 0 heterocycles. The first kappa shape index (κ1) is 20.7. The van der Waals surface area contributed by atoms with Crippen molar-refractivity contribution in [2.75, 3.05) is 13.1 Å². The van der Waals surface area contributed by atoms with Crippen LogP contribution in [-0.4, -0.2) is 38.6 Å². The summed E-state index contributed by atoms with van der Waals surface area (Å²) in [6.45, 7) is 1.16. The first-order valence-electron chi connectivity index (χ1n) is 6.74. The fourth-order valence-electron chi connectivity index (χ4n) is 1.62. The Morgan fingerprint density at radius 3 is 2.54 bits per heavy atom. The number of aliphatic hydroxyl groups excluding tert-OH is 1. The van der Waals surface area contributed by atoms with Gasteiger partial charge in [0.1, 0.15) is 0 Å². The fraction of sp³-hybridized carbons (Fsp3) is 0.462. The van der Waals surface area contributed by atoms with E-state index in [1.54, 1.807) is 0 Å². The molecule has 0 aliphatic rings. The molecule has 0 aromatic heterocycles. The fourth-order valence-corrected chi connectivity index (χ4v) is 2.90. The van der Waals surface area contributed by atoms with Crippen LogP contribution >= 0.6 is 11.6 Å². The van der Waals surface area contributed by atoms with Crippen molar-refractivity contribution >= 4 is 27.5 Å². The van der Waals surface area contributed by atoms with Crippen LogP contribution in [0.1, 0.15) is 18.9 Å². The number of alkyl halides is 3. The van der Waals surface area contributed by atoms with Gasteiger partial charge in [-0.15, -0.1) is 0 Å². The van der Waals surface area contributed by atoms with Gasteiger partial charge in [0.2, 0.25) is 15.9 Å². The van der Waals surface area contributed by atoms with E-state index in [2.05, 4.69) is 5.32 Å². The Balaban J connectivity index is 2.74. The molecular formula is C13H16ClF3N2O4S. The zero-order chi connectivity index (χ0) is 18.5. The van der Waals surface area contributed by atoms with Crippen LogP contribution in [0.3, 0.4) is 0 Å². The lowest BCUT2D eigenvalue weighted by Crippen LogP contribution is -2.34. The van der Waals surface area contributed by atoms with Gasteiger partial charge in [0.15, 0.2) is 0 Å². The molecule has 1 rings (SSSR count). The van der Waals surface area contributed by atoms with E-state index in [0.29, 0.717) is 6.07 Å². The lowest BCUT2D eigenvalue weighted by molar-refractivity contribution is -0.137. The molecule has 0 radical (unpaired) electrons. The molecule has 24 heavy (non-hydrogen) atoms. The first-order chi connectivity index (χ1) is 10.9. The third-order valence-electron chi connectivity index (χ3n) is 2.79. The second-order valence-electron chi connectivity index (χ2n) is 4.94. The Kier molecular flexibility index (Phi) is 7.02. The van der Waals surface area contributed by atoms with Gasteiger partial charge < -0.3 is 10.4 Å². The minimum atomic E-state index is -4.79. The lowest BCUT2D eigenvalue weighted by atomic mass is 10.2. The molecule has 0 saturated heterocycles. The van der Waals surface area contributed by atoms with Crippen LogP contribution in [0.4, 0.5) is 13.2 Å². The van der Waals surface area contributed by atoms with Crippen LogP contribution in [0.25, 0.3) is 0 Å². The molecule has 1 atom stereocenters. The maximum atomic E-state index is 12.8. The third kappa shape index (κ3) is 6.27. The summed E-state index contributed by atoms with van der Waals surface area (Å²) < 4.78 is 64.2. The third-order valence-corrected chi connectivity index (χ3v) is 4.58. The molecular weight excluding hydrogens is 373 g/mol. The summed E-state index contributed by atoms with van der Waals surface area (Å²) >= 11 is 5.43. The Morgan fingerprint density at radius 1 is 1.38 bits per heavy atom. The molecule has 0 spiro atoms. The number of rotatable bonds is 7. The number of halogens is 4. The van der Waals surface area contributed by atoms with Crippen LogP contribution < -0.4 is 10.0 Å². The van der Waals surface area contributed by atoms with E-state index in [9.17, 15) is 26.4 Å². The standard InChI is InChI=1S/C13H16ClF3N2O4S/c1-8(20)7-18-12(21)4-5-19-24(22,23)9-2-3-11(14)10(6-9)13(15,16)17/h2-3,6,8,19-20H,4-5,7H2,1H3,(H,18,21). The zero-order valence-corrected chi connectivity index (χ0v) is 14.1. The van der Waals surface area contributed by atoms with E-state index in [4.69, 9.17) is 16.7 Å². The molecule has 0 aliphatic carbocycles. The minimum absolute atomic E-state index is 0.0116. The Bertz CT molecular complexity index is 693. The summed E-state index contributed by atoms with van der Waals surface area (Å²) in [6, 6.07) is 2.21. The molecule has 136 valence electrons. The molecule has 1 amide bonds. The quantitative estimate of drug-likeness (QED) is 0.660. The van der Waals surface area contributed by atoms with Gasteiger partial charge in [0, 0.05) is 19.5 Å². The Morgan fingerprint density at radius 2 is 2.00 bits per heavy atom. The highest BCUT2D eigenvalue weighted by molar-refractivity contribution is 7.89. The largest absolute Gasteiger partial charge is 0.417 e. The summed E-state index contributed by atoms with van der Waals surface area (Å²) in [4.78, 5) is 10.8. The van der Waals surface area contributed by atoms with Crippen molar-refractivity contribution in [3.8, 4) is 0 Å². The van der Waals surface area contributed by atoms with Gasteiger partial charge in [0.25, 0.3) is 0 Å². The molecule has 1 aromatic carbocycles. The van der Waals surface area contributed by atoms with Crippen molar-refractivity contribution in [3.63, 3.8) is 0 Å². The number of aliphatic hydroxyl groups is 1. The van der Waals surface area contributed by atoms with Crippen molar-refractivity contribution < 1.29 is 31.5 Å². The summed E-state index contributed by atoms with van der Waals surface area (Å²) in [5.41, 5.74) is -1.26. The van der Waals surface area contributed by atoms with Crippen LogP contribution in [0.15, 0.2) is 23.1 Å². The van der Waals surface area contributed by atoms with E-state index >= 15 is 0 Å². The smallest absolute Gasteiger partial charge is 0.392 e. The van der Waals surface area contributed by atoms with Crippen LogP contribution in [-0.2, 0) is 21.0 Å². The Labute approximate surface area is 142 Å². The number of hydrogen-bond donors (Lipinski definition) is 3. The van der Waals surface area contributed by atoms with E-state index in [1.165, 1.54) is 6.92 Å². The maximum absolute atomic E-state index is 12.8. The first-order valence-corrected chi connectivity index (χ1v) is 8.61. The second-order valence-corrected chi connectivity index (χ2v) is 7.11. The second kappa shape index (κ2) is 8.15. The van der Waals surface area contributed by atoms with Gasteiger partial charge in [-0.25, -0.2) is 13.1 Å². The molecule has 11 heteroatoms. The monoisotopic (exact) mass is 388 g/mol. The number of carbonyl (C=O) groups excluding carboxylic acids is 1. The van der Waals surface area contributed by atoms with Gasteiger partial charge in [-0.1, -0.05) is 11.6 Å². The highest BCUT2D eigenvalue weighted by atomic mass is 35.5. The molecule has 1 aromatic rings. The van der Waals surface area contributed by atoms with Gasteiger partial charge in [-0.2, -0.15) is 13.2 Å². The predicted octanol–water partition coefficient (Wildman–Crippen LogP) is 1.52. The van der Waals surface area contributed by atoms with Crippen molar-refractivity contribution in [1.82, 2.24) is 10.0 Å². The van der Waals surface area contributed by atoms with E-state index in [1.807, 2.05) is 4.72 Å². The summed E-state index contributed by atoms with van der Waals surface area (Å²) in [5, 5.41) is 10.7. The Hall–Kier alpha value is -1.36. The number of benzene rings is 1. The summed E-state index contributed by atoms with van der Waals surface area (Å²) in [6.07, 6.45) is -5.77. The van der Waals surface area contributed by atoms with E-state index in [0.717, 1.165) is 12.1 Å². The van der Waals surface area contributed by atoms with E-state index in [-0.39, 0.29) is 19.5 Å². The number of sulfonamides is 1. The number of hydrogen-bond acceptors (Lipinski definition) is 4. The maximum Gasteiger partial charge on any atom is 0.417 e. The lowest BCUT2D eigenvalue weighted by Gasteiger charge is -2.12. The van der Waals surface area contributed by atoms with Crippen molar-refractivity contribution in [1.29, 1.82) is 0 Å². The van der Waals surface area contributed by atoms with Crippen molar-refractivity contribution in [2.45, 2.75) is 30.5 Å². The van der Waals surface area contributed by atoms with Gasteiger partial charge in [0.05, 0.1) is 21.6 Å². The summed E-state index contributed by atoms with van der Waals surface area (Å²) in [7, 11) is -4.22. The summed E-state index contributed by atoms with van der Waals surface area (Å²) in [5.74, 6) is -0.509. The minimum Gasteiger partial charge on any atom is -0.392 e. The SMILES string of the molecule is CC(O)CNC(=O)CCNS(=O)(=O)c1ccc(Cl)c(C(F)(F)F)c1. The van der Waals surface area contributed by atoms with Crippen molar-refractivity contribution in [3.05, 3.63) is 28.8 Å². The molecule has 0 fully saturated rings. The molecule has 6 nitrogen and oxygen atoms in total. The number of nitrogens with one attached hydrogen (secondary N) is 2. The molecule has 3 N–H and O–H groups in total. The normalized spacial score (nSPS) is 13.6. The average Bonchev–Trinajstić information content (AvgIpc) is 2.43. The molecule has 0 bridgehead atoms. The molecule has 1 unspecified atom stereocenters. The van der Waals surface area contributed by atoms with Crippen molar-refractivity contribution in [2.24, 2.45) is 0 Å². The topological polar surface area (TPSA) is 95.5 Å². The van der Waals surface area contributed by atoms with Crippen LogP contribution in [0.5, 0.6) is 0 Å². The van der Waals surface area contributed by atoms with Gasteiger partial charge in [-0.3, -0.25) is 4.79 Å². The van der Waals surface area contributed by atoms with Gasteiger partial charge in [-0.05, 0) is 25.1 Å². The molecule has 0 aliphatic heterocycles. The predicted molar refractivity (Wildman–Crippen MR) is 81.0 cm³/mol. The van der Waals surface area contributed by atoms with Crippen LogP contribution in [0.2, 0.25) is 5.02 Å². The van der Waals surface area contributed by atoms with Crippen LogP contribution in [0, 0.1) is 0 Å². The average molecular weight is 389 g/mol. The zero-order valence-electron chi connectivity index (χ0n) is 12.5. The highest BCUT2D eigenvalue weighted by Gasteiger charge is 2.34. The molecule has 0 saturated carbocycles. The highest BCUT2D eigenvalue weighted by Crippen LogP contribution is 2.35. The van der Waals surface area contributed by atoms with Gasteiger partial charge >= 0.3 is 6.18 Å².